The first-order chi connectivity index (χ1) is 33.3. The number of benzene rings is 3. The normalized spacial score (nSPS) is 27.0. The standard InChI is InChI=1S/C54H64N5O9P/c1-35(2)59(36(3)4)69(66-25-11-23-55)68-47-46-49(58-32-40(48(60)57-51(58)62)12-10-24-56-50(61)52-29-37-26-38(30-52)28-39(27-37)31-52)67-53(47,34-65-46)33-54(41-13-8-7-9-14-41,42-15-19-44(63-5)20-16-42)43-17-21-45(64-6)22-18-43/h7-9,13-22,32,35-39,46-47,49H,11,24-31,33-34H2,1-6H3,(H,56,61)(H,57,60,62)/t37?,38?,39?,46?,47?,49-,52?,53?,69?/m1/s1. The molecule has 10 rings (SSSR count). The minimum atomic E-state index is -1.83. The molecule has 4 aromatic rings. The number of amides is 1. The molecular formula is C54H64N5O9P. The second kappa shape index (κ2) is 20.2. The number of nitrogens with one attached hydrogen (secondary N) is 2. The molecule has 0 radical (unpaired) electrons. The molecule has 5 atom stereocenters. The number of nitriles is 1. The highest BCUT2D eigenvalue weighted by Crippen LogP contribution is 2.61. The smallest absolute Gasteiger partial charge is 0.330 e. The number of aromatic amines is 1. The molecule has 4 aliphatic carbocycles. The second-order valence-electron chi connectivity index (χ2n) is 20.2. The van der Waals surface area contributed by atoms with Crippen LogP contribution in [0.2, 0.25) is 0 Å². The summed E-state index contributed by atoms with van der Waals surface area (Å²) in [6, 6.07) is 28.4. The lowest BCUT2D eigenvalue weighted by Crippen LogP contribution is -2.53. The largest absolute Gasteiger partial charge is 0.497 e. The number of carbonyl (C=O) groups is 1. The molecular weight excluding hydrogens is 894 g/mol. The highest BCUT2D eigenvalue weighted by molar-refractivity contribution is 7.44. The number of fused-ring (bicyclic) bond motifs is 2. The summed E-state index contributed by atoms with van der Waals surface area (Å²) in [6.45, 7) is 8.61. The minimum absolute atomic E-state index is 0.00640. The Kier molecular flexibility index (Phi) is 14.3. The van der Waals surface area contributed by atoms with E-state index in [1.165, 1.54) is 30.0 Å². The number of rotatable bonds is 18. The maximum atomic E-state index is 14.1. The van der Waals surface area contributed by atoms with Gasteiger partial charge in [0.2, 0.25) is 5.91 Å². The van der Waals surface area contributed by atoms with Crippen molar-refractivity contribution < 1.29 is 32.8 Å². The van der Waals surface area contributed by atoms with Crippen LogP contribution in [-0.2, 0) is 28.7 Å². The molecule has 2 aliphatic heterocycles. The number of ether oxygens (including phenoxy) is 4. The Morgan fingerprint density at radius 1 is 0.899 bits per heavy atom. The van der Waals surface area contributed by atoms with E-state index < -0.39 is 49.2 Å². The van der Waals surface area contributed by atoms with E-state index in [9.17, 15) is 19.6 Å². The summed E-state index contributed by atoms with van der Waals surface area (Å²) in [5, 5.41) is 12.7. The van der Waals surface area contributed by atoms with Gasteiger partial charge in [0.05, 0.1) is 46.5 Å². The molecule has 1 amide bonds. The number of hydrogen-bond acceptors (Lipinski definition) is 11. The Labute approximate surface area is 405 Å². The SMILES string of the molecule is COc1ccc(C(CC23COC(C2OP(OCCC#N)N(C(C)C)C(C)C)[C@H](n2cc(C#CCNC(=O)C45CC6CC(CC(C6)C4)C5)c(=O)[nH]c2=O)O3)(c2ccccc2)c2ccc(OC)cc2)cc1. The van der Waals surface area contributed by atoms with Crippen LogP contribution in [0, 0.1) is 46.3 Å². The van der Waals surface area contributed by atoms with Crippen molar-refractivity contribution in [3.63, 3.8) is 0 Å². The molecule has 6 aliphatic rings. The van der Waals surface area contributed by atoms with Crippen molar-refractivity contribution in [1.82, 2.24) is 19.5 Å². The first-order valence-electron chi connectivity index (χ1n) is 24.3. The number of aromatic nitrogens is 2. The van der Waals surface area contributed by atoms with Gasteiger partial charge in [-0.1, -0.05) is 66.4 Å². The van der Waals surface area contributed by atoms with Gasteiger partial charge < -0.3 is 33.3 Å². The fourth-order valence-electron chi connectivity index (χ4n) is 12.6. The number of carbonyl (C=O) groups excluding carboxylic acids is 1. The van der Waals surface area contributed by atoms with Gasteiger partial charge in [0.25, 0.3) is 14.1 Å². The first kappa shape index (κ1) is 48.7. The molecule has 15 heteroatoms. The molecule has 6 fully saturated rings. The van der Waals surface area contributed by atoms with Crippen molar-refractivity contribution >= 4 is 14.4 Å². The van der Waals surface area contributed by atoms with Crippen LogP contribution in [0.15, 0.2) is 94.6 Å². The zero-order valence-electron chi connectivity index (χ0n) is 40.4. The quantitative estimate of drug-likeness (QED) is 0.0430. The van der Waals surface area contributed by atoms with Gasteiger partial charge in [-0.3, -0.25) is 19.1 Å². The molecule has 364 valence electrons. The molecule has 14 nitrogen and oxygen atoms in total. The maximum Gasteiger partial charge on any atom is 0.330 e. The summed E-state index contributed by atoms with van der Waals surface area (Å²) in [7, 11) is 1.44. The Balaban J connectivity index is 1.12. The summed E-state index contributed by atoms with van der Waals surface area (Å²) >= 11 is 0. The topological polar surface area (TPSA) is 166 Å². The van der Waals surface area contributed by atoms with Crippen molar-refractivity contribution in [2.75, 3.05) is 34.0 Å². The highest BCUT2D eigenvalue weighted by Gasteiger charge is 2.66. The number of hydrogen-bond donors (Lipinski definition) is 2. The van der Waals surface area contributed by atoms with E-state index in [1.807, 2.05) is 42.5 Å². The molecule has 69 heavy (non-hydrogen) atoms. The van der Waals surface area contributed by atoms with Crippen molar-refractivity contribution in [3.05, 3.63) is 128 Å². The van der Waals surface area contributed by atoms with Crippen molar-refractivity contribution in [2.24, 2.45) is 23.2 Å². The Hall–Kier alpha value is -5.31. The summed E-state index contributed by atoms with van der Waals surface area (Å²) < 4.78 is 42.8. The van der Waals surface area contributed by atoms with E-state index in [1.54, 1.807) is 14.2 Å². The Morgan fingerprint density at radius 3 is 2.03 bits per heavy atom. The molecule has 4 saturated carbocycles. The summed E-state index contributed by atoms with van der Waals surface area (Å²) in [5.74, 6) is 9.28. The first-order valence-corrected chi connectivity index (χ1v) is 25.5. The van der Waals surface area contributed by atoms with Gasteiger partial charge in [-0.2, -0.15) is 5.26 Å². The number of H-pyrrole nitrogens is 1. The lowest BCUT2D eigenvalue weighted by molar-refractivity contribution is -0.180. The third-order valence-corrected chi connectivity index (χ3v) is 17.3. The van der Waals surface area contributed by atoms with Crippen LogP contribution in [0.1, 0.15) is 108 Å². The van der Waals surface area contributed by atoms with E-state index in [2.05, 4.69) is 97.0 Å². The monoisotopic (exact) mass is 957 g/mol. The maximum absolute atomic E-state index is 14.1. The molecule has 3 aromatic carbocycles. The van der Waals surface area contributed by atoms with Crippen LogP contribution < -0.4 is 26.0 Å². The molecule has 3 heterocycles. The summed E-state index contributed by atoms with van der Waals surface area (Å²) in [6.07, 6.45) is 5.60. The Morgan fingerprint density at radius 2 is 1.48 bits per heavy atom. The number of methoxy groups -OCH3 is 2. The summed E-state index contributed by atoms with van der Waals surface area (Å²) in [5.41, 5.74) is -0.967. The summed E-state index contributed by atoms with van der Waals surface area (Å²) in [4.78, 5) is 43.7. The van der Waals surface area contributed by atoms with Gasteiger partial charge in [-0.15, -0.1) is 0 Å². The van der Waals surface area contributed by atoms with Crippen molar-refractivity contribution in [3.8, 4) is 29.4 Å². The average Bonchev–Trinajstić information content (AvgIpc) is 3.82. The molecule has 4 unspecified atom stereocenters. The predicted octanol–water partition coefficient (Wildman–Crippen LogP) is 7.99. The predicted molar refractivity (Wildman–Crippen MR) is 261 cm³/mol. The van der Waals surface area contributed by atoms with Gasteiger partial charge in [0, 0.05) is 29.1 Å². The van der Waals surface area contributed by atoms with E-state index >= 15 is 0 Å². The molecule has 2 N–H and O–H groups in total. The van der Waals surface area contributed by atoms with Crippen LogP contribution in [0.25, 0.3) is 0 Å². The van der Waals surface area contributed by atoms with E-state index in [-0.39, 0.29) is 61.6 Å². The van der Waals surface area contributed by atoms with Crippen LogP contribution in [0.4, 0.5) is 0 Å². The number of nitrogens with zero attached hydrogens (tertiary/aromatic N) is 3. The van der Waals surface area contributed by atoms with Crippen LogP contribution in [0.3, 0.4) is 0 Å². The van der Waals surface area contributed by atoms with Gasteiger partial charge in [0.15, 0.2) is 6.23 Å². The lowest BCUT2D eigenvalue weighted by atomic mass is 9.49. The van der Waals surface area contributed by atoms with Crippen LogP contribution in [0.5, 0.6) is 11.5 Å². The van der Waals surface area contributed by atoms with Gasteiger partial charge >= 0.3 is 5.69 Å². The fraction of sp³-hybridized carbons (Fsp3) is 0.519. The molecule has 6 bridgehead atoms. The zero-order chi connectivity index (χ0) is 48.5. The van der Waals surface area contributed by atoms with Gasteiger partial charge in [-0.05, 0) is 131 Å². The minimum Gasteiger partial charge on any atom is -0.497 e. The molecule has 2 saturated heterocycles. The Bertz CT molecular complexity index is 2600. The van der Waals surface area contributed by atoms with Crippen molar-refractivity contribution in [2.45, 2.75) is 121 Å². The van der Waals surface area contributed by atoms with Gasteiger partial charge in [-0.25, -0.2) is 9.46 Å². The third kappa shape index (κ3) is 9.40. The van der Waals surface area contributed by atoms with Gasteiger partial charge in [0.1, 0.15) is 34.9 Å². The van der Waals surface area contributed by atoms with E-state index in [0.29, 0.717) is 29.3 Å². The molecule has 1 aromatic heterocycles. The second-order valence-corrected chi connectivity index (χ2v) is 21.6. The highest BCUT2D eigenvalue weighted by atomic mass is 31.2. The van der Waals surface area contributed by atoms with Crippen molar-refractivity contribution in [1.29, 1.82) is 5.26 Å². The average molecular weight is 958 g/mol. The van der Waals surface area contributed by atoms with Crippen LogP contribution >= 0.6 is 8.53 Å². The zero-order valence-corrected chi connectivity index (χ0v) is 41.3. The fourth-order valence-corrected chi connectivity index (χ4v) is 14.4. The van der Waals surface area contributed by atoms with E-state index in [4.69, 9.17) is 28.0 Å². The molecule has 0 spiro atoms. The van der Waals surface area contributed by atoms with E-state index in [0.717, 1.165) is 36.0 Å². The third-order valence-electron chi connectivity index (χ3n) is 15.2. The lowest BCUT2D eigenvalue weighted by Gasteiger charge is -2.55. The van der Waals surface area contributed by atoms with Crippen LogP contribution in [-0.4, -0.2) is 84.0 Å².